The van der Waals surface area contributed by atoms with Crippen molar-refractivity contribution in [3.05, 3.63) is 29.3 Å². The van der Waals surface area contributed by atoms with E-state index in [0.717, 1.165) is 0 Å². The van der Waals surface area contributed by atoms with Gasteiger partial charge < -0.3 is 10.5 Å². The Bertz CT molecular complexity index is 317. The number of hydrogen-bond donors (Lipinski definition) is 2. The number of benzene rings is 1. The van der Waals surface area contributed by atoms with Crippen LogP contribution in [0.1, 0.15) is 0 Å². The topological polar surface area (TPSA) is 64.3 Å². The van der Waals surface area contributed by atoms with Crippen LogP contribution >= 0.6 is 11.6 Å². The molecule has 0 unspecified atom stereocenters. The van der Waals surface area contributed by atoms with Gasteiger partial charge in [0.15, 0.2) is 0 Å². The van der Waals surface area contributed by atoms with Crippen LogP contribution in [0.15, 0.2) is 24.3 Å². The maximum absolute atomic E-state index is 11.1. The highest BCUT2D eigenvalue weighted by molar-refractivity contribution is 6.30. The molecule has 0 aliphatic heterocycles. The lowest BCUT2D eigenvalue weighted by Crippen LogP contribution is -2.18. The van der Waals surface area contributed by atoms with Gasteiger partial charge in [0.25, 0.3) is 0 Å². The summed E-state index contributed by atoms with van der Waals surface area (Å²) in [6, 6.07) is 6.81. The van der Waals surface area contributed by atoms with Crippen molar-refractivity contribution in [3.63, 3.8) is 0 Å². The average molecular weight is 215 g/mol. The third kappa shape index (κ3) is 3.64. The smallest absolute Gasteiger partial charge is 0.411 e. The number of anilines is 1. The first-order valence-electron chi connectivity index (χ1n) is 4.12. The number of nitrogens with one attached hydrogen (secondary N) is 1. The maximum atomic E-state index is 11.1. The normalized spacial score (nSPS) is 9.57. The molecule has 0 spiro atoms. The fourth-order valence-electron chi connectivity index (χ4n) is 0.872. The monoisotopic (exact) mass is 214 g/mol. The van der Waals surface area contributed by atoms with Gasteiger partial charge in [0.05, 0.1) is 0 Å². The van der Waals surface area contributed by atoms with E-state index in [-0.39, 0.29) is 6.61 Å². The number of carbonyl (C=O) groups excluding carboxylic acids is 1. The predicted octanol–water partition coefficient (Wildman–Crippen LogP) is 1.85. The molecule has 3 N–H and O–H groups in total. The largest absolute Gasteiger partial charge is 0.448 e. The molecule has 0 atom stereocenters. The first-order valence-corrected chi connectivity index (χ1v) is 4.49. The van der Waals surface area contributed by atoms with Crippen LogP contribution in [-0.4, -0.2) is 19.2 Å². The number of halogens is 1. The van der Waals surface area contributed by atoms with Gasteiger partial charge in [-0.2, -0.15) is 0 Å². The Morgan fingerprint density at radius 3 is 3.00 bits per heavy atom. The highest BCUT2D eigenvalue weighted by Crippen LogP contribution is 2.14. The average Bonchev–Trinajstić information content (AvgIpc) is 2.15. The van der Waals surface area contributed by atoms with Crippen molar-refractivity contribution >= 4 is 23.4 Å². The quantitative estimate of drug-likeness (QED) is 0.807. The second-order valence-corrected chi connectivity index (χ2v) is 3.00. The Hall–Kier alpha value is -1.26. The van der Waals surface area contributed by atoms with E-state index in [2.05, 4.69) is 5.32 Å². The molecule has 0 aliphatic carbocycles. The molecule has 14 heavy (non-hydrogen) atoms. The van der Waals surface area contributed by atoms with Crippen molar-refractivity contribution in [2.75, 3.05) is 18.5 Å². The molecule has 0 aromatic heterocycles. The van der Waals surface area contributed by atoms with E-state index >= 15 is 0 Å². The van der Waals surface area contributed by atoms with E-state index in [1.165, 1.54) is 0 Å². The summed E-state index contributed by atoms with van der Waals surface area (Å²) in [7, 11) is 0. The fourth-order valence-corrected chi connectivity index (χ4v) is 1.06. The SMILES string of the molecule is NCCOC(=O)Nc1cccc(Cl)c1. The summed E-state index contributed by atoms with van der Waals surface area (Å²) in [6.45, 7) is 0.509. The summed E-state index contributed by atoms with van der Waals surface area (Å²) in [6.07, 6.45) is -0.530. The van der Waals surface area contributed by atoms with Gasteiger partial charge in [0, 0.05) is 17.3 Å². The third-order valence-electron chi connectivity index (χ3n) is 1.42. The van der Waals surface area contributed by atoms with E-state index in [1.807, 2.05) is 0 Å². The second kappa shape index (κ2) is 5.47. The van der Waals surface area contributed by atoms with Gasteiger partial charge in [-0.05, 0) is 18.2 Å². The molecule has 4 nitrogen and oxygen atoms in total. The summed E-state index contributed by atoms with van der Waals surface area (Å²) in [4.78, 5) is 11.1. The zero-order valence-corrected chi connectivity index (χ0v) is 8.25. The number of nitrogens with two attached hydrogens (primary N) is 1. The zero-order chi connectivity index (χ0) is 10.4. The molecular weight excluding hydrogens is 204 g/mol. The van der Waals surface area contributed by atoms with Crippen molar-refractivity contribution in [1.29, 1.82) is 0 Å². The zero-order valence-electron chi connectivity index (χ0n) is 7.50. The van der Waals surface area contributed by atoms with Crippen LogP contribution in [0.5, 0.6) is 0 Å². The van der Waals surface area contributed by atoms with E-state index in [0.29, 0.717) is 17.3 Å². The molecule has 5 heteroatoms. The molecule has 0 aliphatic rings. The van der Waals surface area contributed by atoms with E-state index in [1.54, 1.807) is 24.3 Å². The molecule has 0 fully saturated rings. The van der Waals surface area contributed by atoms with E-state index < -0.39 is 6.09 Å². The molecule has 0 saturated carbocycles. The lowest BCUT2D eigenvalue weighted by Gasteiger charge is -2.05. The van der Waals surface area contributed by atoms with Crippen LogP contribution < -0.4 is 11.1 Å². The molecule has 0 radical (unpaired) electrons. The summed E-state index contributed by atoms with van der Waals surface area (Å²) >= 11 is 5.72. The summed E-state index contributed by atoms with van der Waals surface area (Å²) in [5.74, 6) is 0. The number of carbonyl (C=O) groups is 1. The van der Waals surface area contributed by atoms with Gasteiger partial charge in [-0.15, -0.1) is 0 Å². The van der Waals surface area contributed by atoms with Crippen LogP contribution in [0.25, 0.3) is 0 Å². The van der Waals surface area contributed by atoms with Crippen molar-refractivity contribution in [3.8, 4) is 0 Å². The molecule has 1 amide bonds. The minimum atomic E-state index is -0.530. The highest BCUT2D eigenvalue weighted by atomic mass is 35.5. The van der Waals surface area contributed by atoms with Gasteiger partial charge in [-0.1, -0.05) is 17.7 Å². The van der Waals surface area contributed by atoms with Gasteiger partial charge >= 0.3 is 6.09 Å². The summed E-state index contributed by atoms with van der Waals surface area (Å²) in [5.41, 5.74) is 5.76. The molecule has 1 aromatic carbocycles. The van der Waals surface area contributed by atoms with Crippen molar-refractivity contribution in [2.45, 2.75) is 0 Å². The second-order valence-electron chi connectivity index (χ2n) is 2.56. The number of hydrogen-bond acceptors (Lipinski definition) is 3. The lowest BCUT2D eigenvalue weighted by molar-refractivity contribution is 0.165. The number of amides is 1. The first kappa shape index (κ1) is 10.8. The van der Waals surface area contributed by atoms with Gasteiger partial charge in [-0.3, -0.25) is 5.32 Å². The summed E-state index contributed by atoms with van der Waals surface area (Å²) < 4.78 is 4.72. The van der Waals surface area contributed by atoms with Crippen molar-refractivity contribution < 1.29 is 9.53 Å². The van der Waals surface area contributed by atoms with Crippen molar-refractivity contribution in [1.82, 2.24) is 0 Å². The van der Waals surface area contributed by atoms with Crippen LogP contribution in [0.3, 0.4) is 0 Å². The van der Waals surface area contributed by atoms with Gasteiger partial charge in [0.1, 0.15) is 6.61 Å². The van der Waals surface area contributed by atoms with Gasteiger partial charge in [-0.25, -0.2) is 4.79 Å². The first-order chi connectivity index (χ1) is 6.72. The molecule has 1 rings (SSSR count). The van der Waals surface area contributed by atoms with E-state index in [9.17, 15) is 4.79 Å². The number of rotatable bonds is 3. The Morgan fingerprint density at radius 1 is 1.57 bits per heavy atom. The van der Waals surface area contributed by atoms with Crippen LogP contribution in [0.4, 0.5) is 10.5 Å². The third-order valence-corrected chi connectivity index (χ3v) is 1.66. The highest BCUT2D eigenvalue weighted by Gasteiger charge is 2.01. The minimum absolute atomic E-state index is 0.201. The predicted molar refractivity (Wildman–Crippen MR) is 55.5 cm³/mol. The maximum Gasteiger partial charge on any atom is 0.411 e. The Kier molecular flexibility index (Phi) is 4.22. The molecular formula is C9H11ClN2O2. The van der Waals surface area contributed by atoms with Gasteiger partial charge in [0.2, 0.25) is 0 Å². The van der Waals surface area contributed by atoms with Crippen LogP contribution in [0, 0.1) is 0 Å². The fraction of sp³-hybridized carbons (Fsp3) is 0.222. The molecule has 1 aromatic rings. The molecule has 0 heterocycles. The standard InChI is InChI=1S/C9H11ClN2O2/c10-7-2-1-3-8(6-7)12-9(13)14-5-4-11/h1-3,6H,4-5,11H2,(H,12,13). The molecule has 0 bridgehead atoms. The van der Waals surface area contributed by atoms with Crippen LogP contribution in [0.2, 0.25) is 5.02 Å². The van der Waals surface area contributed by atoms with E-state index in [4.69, 9.17) is 22.1 Å². The Balaban J connectivity index is 2.47. The molecule has 0 saturated heterocycles. The minimum Gasteiger partial charge on any atom is -0.448 e. The summed E-state index contributed by atoms with van der Waals surface area (Å²) in [5, 5.41) is 3.07. The number of ether oxygens (including phenoxy) is 1. The Labute approximate surface area is 87.0 Å². The molecule has 76 valence electrons. The van der Waals surface area contributed by atoms with Crippen LogP contribution in [-0.2, 0) is 4.74 Å². The van der Waals surface area contributed by atoms with Crippen molar-refractivity contribution in [2.24, 2.45) is 5.73 Å². The lowest BCUT2D eigenvalue weighted by atomic mass is 10.3. The Morgan fingerprint density at radius 2 is 2.36 bits per heavy atom.